The van der Waals surface area contributed by atoms with Crippen LogP contribution in [0.4, 0.5) is 0 Å². The number of likely N-dealkylation sites (tertiary alicyclic amines) is 1. The SMILES string of the molecule is COC(=O)C(C)(C)CN1CCC2CCC(C1)N2C. The smallest absolute Gasteiger partial charge is 0.312 e. The summed E-state index contributed by atoms with van der Waals surface area (Å²) in [6.45, 7) is 6.95. The fourth-order valence-corrected chi connectivity index (χ4v) is 3.42. The van der Waals surface area contributed by atoms with E-state index in [-0.39, 0.29) is 5.97 Å². The van der Waals surface area contributed by atoms with E-state index < -0.39 is 5.41 Å². The van der Waals surface area contributed by atoms with Crippen LogP contribution in [0.2, 0.25) is 0 Å². The molecule has 4 heteroatoms. The highest BCUT2D eigenvalue weighted by Gasteiger charge is 2.37. The molecule has 0 spiro atoms. The van der Waals surface area contributed by atoms with E-state index in [0.29, 0.717) is 6.04 Å². The Bertz CT molecular complexity index is 317. The molecule has 0 saturated carbocycles. The fourth-order valence-electron chi connectivity index (χ4n) is 3.42. The molecule has 0 radical (unpaired) electrons. The quantitative estimate of drug-likeness (QED) is 0.712. The number of esters is 1. The molecular weight excluding hydrogens is 228 g/mol. The largest absolute Gasteiger partial charge is 0.469 e. The van der Waals surface area contributed by atoms with E-state index in [0.717, 1.165) is 25.7 Å². The Hall–Kier alpha value is -0.610. The summed E-state index contributed by atoms with van der Waals surface area (Å²) in [5.74, 6) is -0.106. The topological polar surface area (TPSA) is 32.8 Å². The lowest BCUT2D eigenvalue weighted by Crippen LogP contribution is -2.43. The van der Waals surface area contributed by atoms with Crippen molar-refractivity contribution in [3.63, 3.8) is 0 Å². The number of ether oxygens (including phenoxy) is 1. The van der Waals surface area contributed by atoms with Gasteiger partial charge in [-0.2, -0.15) is 0 Å². The van der Waals surface area contributed by atoms with Crippen LogP contribution in [0.5, 0.6) is 0 Å². The van der Waals surface area contributed by atoms with Gasteiger partial charge in [-0.05, 0) is 46.7 Å². The number of hydrogen-bond donors (Lipinski definition) is 0. The predicted octanol–water partition coefficient (Wildman–Crippen LogP) is 1.35. The third kappa shape index (κ3) is 2.69. The van der Waals surface area contributed by atoms with Crippen molar-refractivity contribution in [2.45, 2.75) is 45.2 Å². The summed E-state index contributed by atoms with van der Waals surface area (Å²) in [6.07, 6.45) is 3.87. The molecule has 0 aromatic heterocycles. The number of likely N-dealkylation sites (N-methyl/N-ethyl adjacent to an activating group) is 1. The fraction of sp³-hybridized carbons (Fsp3) is 0.929. The Morgan fingerprint density at radius 3 is 2.61 bits per heavy atom. The zero-order valence-electron chi connectivity index (χ0n) is 12.1. The van der Waals surface area contributed by atoms with E-state index in [1.165, 1.54) is 26.4 Å². The number of rotatable bonds is 3. The first-order chi connectivity index (χ1) is 8.44. The van der Waals surface area contributed by atoms with Crippen molar-refractivity contribution in [1.29, 1.82) is 0 Å². The average Bonchev–Trinajstić information content (AvgIpc) is 2.56. The van der Waals surface area contributed by atoms with Gasteiger partial charge in [0.1, 0.15) is 0 Å². The van der Waals surface area contributed by atoms with Gasteiger partial charge in [-0.3, -0.25) is 9.69 Å². The summed E-state index contributed by atoms with van der Waals surface area (Å²) >= 11 is 0. The van der Waals surface area contributed by atoms with Crippen LogP contribution in [0.3, 0.4) is 0 Å². The summed E-state index contributed by atoms with van der Waals surface area (Å²) in [4.78, 5) is 16.7. The Balaban J connectivity index is 1.97. The van der Waals surface area contributed by atoms with Gasteiger partial charge in [0.25, 0.3) is 0 Å². The van der Waals surface area contributed by atoms with Gasteiger partial charge in [0.05, 0.1) is 12.5 Å². The minimum absolute atomic E-state index is 0.106. The van der Waals surface area contributed by atoms with E-state index in [1.54, 1.807) is 0 Å². The van der Waals surface area contributed by atoms with Crippen molar-refractivity contribution < 1.29 is 9.53 Å². The predicted molar refractivity (Wildman–Crippen MR) is 71.4 cm³/mol. The summed E-state index contributed by atoms with van der Waals surface area (Å²) < 4.78 is 4.89. The maximum atomic E-state index is 11.8. The van der Waals surface area contributed by atoms with Gasteiger partial charge in [0.15, 0.2) is 0 Å². The minimum atomic E-state index is -0.406. The number of methoxy groups -OCH3 is 1. The first-order valence-corrected chi connectivity index (χ1v) is 6.97. The Kier molecular flexibility index (Phi) is 3.97. The van der Waals surface area contributed by atoms with Crippen molar-refractivity contribution in [1.82, 2.24) is 9.80 Å². The lowest BCUT2D eigenvalue weighted by Gasteiger charge is -2.32. The summed E-state index contributed by atoms with van der Waals surface area (Å²) in [5, 5.41) is 0. The molecule has 104 valence electrons. The van der Waals surface area contributed by atoms with E-state index in [9.17, 15) is 4.79 Å². The first kappa shape index (κ1) is 13.8. The molecule has 2 aliphatic rings. The maximum Gasteiger partial charge on any atom is 0.312 e. The molecule has 0 aliphatic carbocycles. The van der Waals surface area contributed by atoms with Gasteiger partial charge in [0, 0.05) is 25.2 Å². The lowest BCUT2D eigenvalue weighted by molar-refractivity contribution is -0.151. The second-order valence-corrected chi connectivity index (χ2v) is 6.45. The molecule has 2 saturated heterocycles. The van der Waals surface area contributed by atoms with Crippen molar-refractivity contribution in [2.24, 2.45) is 5.41 Å². The number of nitrogens with zero attached hydrogens (tertiary/aromatic N) is 2. The van der Waals surface area contributed by atoms with Crippen LogP contribution < -0.4 is 0 Å². The van der Waals surface area contributed by atoms with Crippen LogP contribution >= 0.6 is 0 Å². The Morgan fingerprint density at radius 2 is 1.94 bits per heavy atom. The third-order valence-corrected chi connectivity index (χ3v) is 4.59. The number of carbonyl (C=O) groups is 1. The molecular formula is C14H26N2O2. The standard InChI is InChI=1S/C14H26N2O2/c1-14(2,13(17)18-4)10-16-8-7-11-5-6-12(9-16)15(11)3/h11-12H,5-10H2,1-4H3. The van der Waals surface area contributed by atoms with Gasteiger partial charge in [-0.15, -0.1) is 0 Å². The molecule has 0 aromatic carbocycles. The van der Waals surface area contributed by atoms with Crippen LogP contribution in [-0.4, -0.2) is 61.6 Å². The zero-order valence-corrected chi connectivity index (χ0v) is 12.1. The molecule has 2 heterocycles. The highest BCUT2D eigenvalue weighted by molar-refractivity contribution is 5.76. The molecule has 0 amide bonds. The molecule has 2 bridgehead atoms. The van der Waals surface area contributed by atoms with Crippen LogP contribution in [0.25, 0.3) is 0 Å². The van der Waals surface area contributed by atoms with Gasteiger partial charge >= 0.3 is 5.97 Å². The molecule has 2 fully saturated rings. The number of carbonyl (C=O) groups excluding carboxylic acids is 1. The molecule has 4 nitrogen and oxygen atoms in total. The van der Waals surface area contributed by atoms with E-state index >= 15 is 0 Å². The van der Waals surface area contributed by atoms with Crippen molar-refractivity contribution in [3.8, 4) is 0 Å². The van der Waals surface area contributed by atoms with Crippen LogP contribution in [0, 0.1) is 5.41 Å². The maximum absolute atomic E-state index is 11.8. The van der Waals surface area contributed by atoms with E-state index in [2.05, 4.69) is 16.8 Å². The van der Waals surface area contributed by atoms with Gasteiger partial charge < -0.3 is 9.64 Å². The van der Waals surface area contributed by atoms with Crippen LogP contribution in [0.15, 0.2) is 0 Å². The number of hydrogen-bond acceptors (Lipinski definition) is 4. The van der Waals surface area contributed by atoms with Crippen molar-refractivity contribution in [3.05, 3.63) is 0 Å². The highest BCUT2D eigenvalue weighted by Crippen LogP contribution is 2.30. The van der Waals surface area contributed by atoms with Gasteiger partial charge in [-0.25, -0.2) is 0 Å². The molecule has 0 aromatic rings. The normalized spacial score (nSPS) is 30.2. The Morgan fingerprint density at radius 1 is 1.28 bits per heavy atom. The minimum Gasteiger partial charge on any atom is -0.469 e. The second-order valence-electron chi connectivity index (χ2n) is 6.45. The molecule has 0 N–H and O–H groups in total. The summed E-state index contributed by atoms with van der Waals surface area (Å²) in [6, 6.07) is 1.42. The summed E-state index contributed by atoms with van der Waals surface area (Å²) in [5.41, 5.74) is -0.406. The van der Waals surface area contributed by atoms with Gasteiger partial charge in [0.2, 0.25) is 0 Å². The zero-order chi connectivity index (χ0) is 13.3. The molecule has 2 atom stereocenters. The third-order valence-electron chi connectivity index (χ3n) is 4.59. The Labute approximate surface area is 110 Å². The van der Waals surface area contributed by atoms with Crippen molar-refractivity contribution in [2.75, 3.05) is 33.8 Å². The van der Waals surface area contributed by atoms with Crippen LogP contribution in [-0.2, 0) is 9.53 Å². The summed E-state index contributed by atoms with van der Waals surface area (Å²) in [7, 11) is 3.72. The monoisotopic (exact) mass is 254 g/mol. The van der Waals surface area contributed by atoms with E-state index in [4.69, 9.17) is 4.74 Å². The molecule has 2 aliphatic heterocycles. The van der Waals surface area contributed by atoms with E-state index in [1.807, 2.05) is 13.8 Å². The second kappa shape index (κ2) is 5.17. The highest BCUT2D eigenvalue weighted by atomic mass is 16.5. The van der Waals surface area contributed by atoms with Gasteiger partial charge in [-0.1, -0.05) is 0 Å². The molecule has 18 heavy (non-hydrogen) atoms. The van der Waals surface area contributed by atoms with Crippen molar-refractivity contribution >= 4 is 5.97 Å². The molecule has 2 unspecified atom stereocenters. The number of fused-ring (bicyclic) bond motifs is 2. The molecule has 2 rings (SSSR count). The first-order valence-electron chi connectivity index (χ1n) is 6.97. The lowest BCUT2D eigenvalue weighted by atomic mass is 9.92. The average molecular weight is 254 g/mol. The van der Waals surface area contributed by atoms with Crippen LogP contribution in [0.1, 0.15) is 33.1 Å².